The molecule has 1 aliphatic heterocycles. The van der Waals surface area contributed by atoms with Crippen molar-refractivity contribution in [3.05, 3.63) is 104 Å². The number of anilines is 1. The lowest BCUT2D eigenvalue weighted by molar-refractivity contribution is -0.117. The zero-order chi connectivity index (χ0) is 24.5. The van der Waals surface area contributed by atoms with Gasteiger partial charge in [0.2, 0.25) is 10.9 Å². The summed E-state index contributed by atoms with van der Waals surface area (Å²) in [5.41, 5.74) is 1.43. The van der Waals surface area contributed by atoms with E-state index in [0.29, 0.717) is 25.6 Å². The van der Waals surface area contributed by atoms with Crippen molar-refractivity contribution in [3.63, 3.8) is 0 Å². The van der Waals surface area contributed by atoms with Crippen molar-refractivity contribution in [2.45, 2.75) is 16.1 Å². The van der Waals surface area contributed by atoms with Crippen LogP contribution in [-0.2, 0) is 10.5 Å². The van der Waals surface area contributed by atoms with Gasteiger partial charge in [-0.1, -0.05) is 65.0 Å². The Morgan fingerprint density at radius 2 is 1.86 bits per heavy atom. The number of hydrogen-bond donors (Lipinski definition) is 1. The number of halogens is 2. The van der Waals surface area contributed by atoms with Crippen LogP contribution in [0.25, 0.3) is 0 Å². The molecule has 0 spiro atoms. The molecule has 4 aromatic rings. The molecule has 0 aliphatic carbocycles. The summed E-state index contributed by atoms with van der Waals surface area (Å²) < 4.78 is 14.2. The Morgan fingerprint density at radius 1 is 1.11 bits per heavy atom. The zero-order valence-electron chi connectivity index (χ0n) is 17.7. The first kappa shape index (κ1) is 23.7. The van der Waals surface area contributed by atoms with Crippen LogP contribution < -0.4 is 4.90 Å². The molecular formula is C24H15ClFN3O3S3. The van der Waals surface area contributed by atoms with Crippen molar-refractivity contribution in [1.82, 2.24) is 10.2 Å². The number of ketones is 1. The van der Waals surface area contributed by atoms with Gasteiger partial charge in [0, 0.05) is 10.8 Å². The molecule has 5 rings (SSSR count). The van der Waals surface area contributed by atoms with Crippen LogP contribution in [0.2, 0.25) is 5.02 Å². The van der Waals surface area contributed by atoms with E-state index in [1.54, 1.807) is 29.6 Å². The third kappa shape index (κ3) is 4.74. The minimum absolute atomic E-state index is 0.0744. The molecule has 0 radical (unpaired) electrons. The number of Topliss-reactive ketones (excluding diaryl/α,β-unsaturated/α-hetero) is 1. The van der Waals surface area contributed by atoms with Gasteiger partial charge in [-0.25, -0.2) is 4.39 Å². The van der Waals surface area contributed by atoms with Gasteiger partial charge < -0.3 is 5.11 Å². The number of aromatic nitrogens is 2. The average Bonchev–Trinajstić information content (AvgIpc) is 3.60. The Bertz CT molecular complexity index is 1420. The summed E-state index contributed by atoms with van der Waals surface area (Å²) in [4.78, 5) is 28.1. The van der Waals surface area contributed by atoms with Gasteiger partial charge in [0.1, 0.15) is 5.82 Å². The second-order valence-electron chi connectivity index (χ2n) is 7.46. The lowest BCUT2D eigenvalue weighted by Gasteiger charge is -2.23. The van der Waals surface area contributed by atoms with Gasteiger partial charge in [-0.15, -0.1) is 21.5 Å². The molecule has 176 valence electrons. The Morgan fingerprint density at radius 3 is 2.54 bits per heavy atom. The van der Waals surface area contributed by atoms with E-state index in [0.717, 1.165) is 5.56 Å². The van der Waals surface area contributed by atoms with Crippen LogP contribution in [0.4, 0.5) is 9.52 Å². The van der Waals surface area contributed by atoms with Gasteiger partial charge in [-0.05, 0) is 46.8 Å². The Labute approximate surface area is 216 Å². The van der Waals surface area contributed by atoms with Crippen LogP contribution in [-0.4, -0.2) is 27.0 Å². The standard InChI is InChI=1S/C24H15ClFN3O3S3/c25-15-7-3-13(4-8-15)12-34-24-28-27-23(35-24)29-19(14-5-9-16(26)10-6-14)18(21(31)22(29)32)20(30)17-2-1-11-33-17/h1-11,19,31H,12H2. The summed E-state index contributed by atoms with van der Waals surface area (Å²) in [6.45, 7) is 0. The quantitative estimate of drug-likeness (QED) is 0.163. The largest absolute Gasteiger partial charge is 0.503 e. The van der Waals surface area contributed by atoms with Gasteiger partial charge >= 0.3 is 0 Å². The average molecular weight is 544 g/mol. The molecule has 2 aromatic carbocycles. The Hall–Kier alpha value is -3.05. The maximum absolute atomic E-state index is 13.6. The van der Waals surface area contributed by atoms with Gasteiger partial charge in [0.25, 0.3) is 5.91 Å². The van der Waals surface area contributed by atoms with E-state index in [1.807, 2.05) is 12.1 Å². The number of hydrogen-bond acceptors (Lipinski definition) is 8. The normalized spacial score (nSPS) is 15.8. The summed E-state index contributed by atoms with van der Waals surface area (Å²) in [5.74, 6) is -1.72. The van der Waals surface area contributed by atoms with Crippen LogP contribution in [0.5, 0.6) is 0 Å². The number of nitrogens with zero attached hydrogens (tertiary/aromatic N) is 3. The molecule has 0 saturated heterocycles. The topological polar surface area (TPSA) is 83.4 Å². The third-order valence-corrected chi connectivity index (χ3v) is 8.51. The minimum atomic E-state index is -0.972. The van der Waals surface area contributed by atoms with Gasteiger partial charge in [-0.2, -0.15) is 0 Å². The molecule has 1 aliphatic rings. The highest BCUT2D eigenvalue weighted by Crippen LogP contribution is 2.44. The molecular weight excluding hydrogens is 529 g/mol. The van der Waals surface area contributed by atoms with Crippen molar-refractivity contribution >= 4 is 62.9 Å². The van der Waals surface area contributed by atoms with Crippen molar-refractivity contribution in [1.29, 1.82) is 0 Å². The summed E-state index contributed by atoms with van der Waals surface area (Å²) in [6, 6.07) is 15.3. The second-order valence-corrected chi connectivity index (χ2v) is 11.0. The van der Waals surface area contributed by atoms with Crippen molar-refractivity contribution in [2.24, 2.45) is 0 Å². The fraction of sp³-hybridized carbons (Fsp3) is 0.0833. The van der Waals surface area contributed by atoms with E-state index in [9.17, 15) is 19.1 Å². The number of rotatable bonds is 7. The number of carbonyl (C=O) groups is 2. The number of aliphatic hydroxyl groups excluding tert-OH is 1. The fourth-order valence-electron chi connectivity index (χ4n) is 3.62. The van der Waals surface area contributed by atoms with Crippen LogP contribution >= 0.6 is 46.0 Å². The van der Waals surface area contributed by atoms with Gasteiger partial charge in [0.15, 0.2) is 10.1 Å². The predicted octanol–water partition coefficient (Wildman–Crippen LogP) is 6.47. The number of carbonyl (C=O) groups excluding carboxylic acids is 2. The highest BCUT2D eigenvalue weighted by molar-refractivity contribution is 8.00. The fourth-order valence-corrected chi connectivity index (χ4v) is 6.25. The van der Waals surface area contributed by atoms with E-state index in [-0.39, 0.29) is 10.7 Å². The summed E-state index contributed by atoms with van der Waals surface area (Å²) in [5, 5.41) is 21.7. The third-order valence-electron chi connectivity index (χ3n) is 5.26. The number of aliphatic hydroxyl groups is 1. The van der Waals surface area contributed by atoms with E-state index in [1.165, 1.54) is 63.6 Å². The summed E-state index contributed by atoms with van der Waals surface area (Å²) in [7, 11) is 0. The number of amides is 1. The Kier molecular flexibility index (Phi) is 6.70. The van der Waals surface area contributed by atoms with Crippen molar-refractivity contribution in [2.75, 3.05) is 4.90 Å². The maximum atomic E-state index is 13.6. The molecule has 35 heavy (non-hydrogen) atoms. The Balaban J connectivity index is 1.48. The lowest BCUT2D eigenvalue weighted by atomic mass is 9.95. The van der Waals surface area contributed by atoms with Crippen LogP contribution in [0.15, 0.2) is 81.7 Å². The molecule has 1 N–H and O–H groups in total. The van der Waals surface area contributed by atoms with Crippen LogP contribution in [0.3, 0.4) is 0 Å². The molecule has 1 unspecified atom stereocenters. The van der Waals surface area contributed by atoms with E-state index in [4.69, 9.17) is 11.6 Å². The molecule has 3 heterocycles. The monoisotopic (exact) mass is 543 g/mol. The van der Waals surface area contributed by atoms with E-state index in [2.05, 4.69) is 10.2 Å². The zero-order valence-corrected chi connectivity index (χ0v) is 20.9. The number of thioether (sulfide) groups is 1. The molecule has 0 fully saturated rings. The molecule has 6 nitrogen and oxygen atoms in total. The summed E-state index contributed by atoms with van der Waals surface area (Å²) in [6.07, 6.45) is 0. The smallest absolute Gasteiger partial charge is 0.296 e. The minimum Gasteiger partial charge on any atom is -0.503 e. The second kappa shape index (κ2) is 9.90. The molecule has 0 bridgehead atoms. The predicted molar refractivity (Wildman–Crippen MR) is 136 cm³/mol. The SMILES string of the molecule is O=C(C1=C(O)C(=O)N(c2nnc(SCc3ccc(Cl)cc3)s2)C1c1ccc(F)cc1)c1cccs1. The molecule has 11 heteroatoms. The first-order chi connectivity index (χ1) is 16.9. The highest BCUT2D eigenvalue weighted by atomic mass is 35.5. The number of thiophene rings is 1. The van der Waals surface area contributed by atoms with Crippen molar-refractivity contribution < 1.29 is 19.1 Å². The lowest BCUT2D eigenvalue weighted by Crippen LogP contribution is -2.31. The van der Waals surface area contributed by atoms with Crippen LogP contribution in [0.1, 0.15) is 26.8 Å². The summed E-state index contributed by atoms with van der Waals surface area (Å²) >= 11 is 9.75. The van der Waals surface area contributed by atoms with Gasteiger partial charge in [0.05, 0.1) is 16.5 Å². The first-order valence-electron chi connectivity index (χ1n) is 10.2. The van der Waals surface area contributed by atoms with Crippen molar-refractivity contribution in [3.8, 4) is 0 Å². The van der Waals surface area contributed by atoms with E-state index >= 15 is 0 Å². The van der Waals surface area contributed by atoms with E-state index < -0.39 is 29.3 Å². The van der Waals surface area contributed by atoms with Crippen LogP contribution in [0, 0.1) is 5.82 Å². The molecule has 0 saturated carbocycles. The van der Waals surface area contributed by atoms with Gasteiger partial charge in [-0.3, -0.25) is 14.5 Å². The number of benzene rings is 2. The molecule has 2 aromatic heterocycles. The first-order valence-corrected chi connectivity index (χ1v) is 13.3. The molecule has 1 amide bonds. The maximum Gasteiger partial charge on any atom is 0.296 e. The molecule has 1 atom stereocenters. The highest BCUT2D eigenvalue weighted by Gasteiger charge is 2.46.